The van der Waals surface area contributed by atoms with Crippen LogP contribution in [0.3, 0.4) is 0 Å². The summed E-state index contributed by atoms with van der Waals surface area (Å²) in [4.78, 5) is 0. The number of aromatic nitrogens is 1. The Morgan fingerprint density at radius 3 is 2.50 bits per heavy atom. The Hall–Kier alpha value is -2.75. The van der Waals surface area contributed by atoms with Crippen LogP contribution in [0.2, 0.25) is 0 Å². The average Bonchev–Trinajstić information content (AvgIpc) is 3.16. The van der Waals surface area contributed by atoms with Crippen LogP contribution in [0.4, 0.5) is 0 Å². The Morgan fingerprint density at radius 1 is 1.04 bits per heavy atom. The van der Waals surface area contributed by atoms with Crippen LogP contribution in [-0.4, -0.2) is 10.3 Å². The molecule has 1 unspecified atom stereocenters. The number of hydrogen-bond acceptors (Lipinski definition) is 4. The van der Waals surface area contributed by atoms with E-state index in [2.05, 4.69) is 5.16 Å². The van der Waals surface area contributed by atoms with Crippen molar-refractivity contribution in [2.24, 2.45) is 0 Å². The van der Waals surface area contributed by atoms with Crippen LogP contribution in [0.1, 0.15) is 41.4 Å². The van der Waals surface area contributed by atoms with E-state index in [1.54, 1.807) is 0 Å². The van der Waals surface area contributed by atoms with Gasteiger partial charge >= 0.3 is 0 Å². The molecule has 0 saturated heterocycles. The van der Waals surface area contributed by atoms with Crippen LogP contribution in [0, 0.1) is 20.8 Å². The van der Waals surface area contributed by atoms with E-state index < -0.39 is 5.60 Å². The third kappa shape index (κ3) is 2.48. The summed E-state index contributed by atoms with van der Waals surface area (Å²) in [5.41, 5.74) is 5.11. The first-order valence-corrected chi connectivity index (χ1v) is 8.94. The van der Waals surface area contributed by atoms with E-state index >= 15 is 0 Å². The second-order valence-electron chi connectivity index (χ2n) is 7.31. The van der Waals surface area contributed by atoms with Crippen LogP contribution in [-0.2, 0) is 12.0 Å². The fourth-order valence-corrected chi connectivity index (χ4v) is 3.69. The van der Waals surface area contributed by atoms with E-state index in [-0.39, 0.29) is 0 Å². The van der Waals surface area contributed by atoms with Gasteiger partial charge in [0.1, 0.15) is 17.2 Å². The zero-order valence-corrected chi connectivity index (χ0v) is 15.6. The van der Waals surface area contributed by atoms with Gasteiger partial charge in [0.25, 0.3) is 0 Å². The summed E-state index contributed by atoms with van der Waals surface area (Å²) >= 11 is 0. The largest absolute Gasteiger partial charge is 0.507 e. The fourth-order valence-electron chi connectivity index (χ4n) is 3.69. The van der Waals surface area contributed by atoms with E-state index in [9.17, 15) is 5.11 Å². The Kier molecular flexibility index (Phi) is 3.79. The third-order valence-electron chi connectivity index (χ3n) is 5.62. The lowest BCUT2D eigenvalue weighted by molar-refractivity contribution is 0.0331. The Bertz CT molecular complexity index is 975. The summed E-state index contributed by atoms with van der Waals surface area (Å²) in [6, 6.07) is 12.0. The molecule has 1 N–H and O–H groups in total. The lowest BCUT2D eigenvalue weighted by atomic mass is 9.86. The van der Waals surface area contributed by atoms with Crippen LogP contribution >= 0.6 is 0 Å². The molecule has 0 aliphatic carbocycles. The minimum absolute atomic E-state index is 0.375. The fraction of sp³-hybridized carbons (Fsp3) is 0.318. The van der Waals surface area contributed by atoms with Crippen molar-refractivity contribution >= 4 is 0 Å². The van der Waals surface area contributed by atoms with E-state index in [4.69, 9.17) is 9.26 Å². The van der Waals surface area contributed by atoms with Crippen molar-refractivity contribution in [2.75, 3.05) is 0 Å². The molecule has 26 heavy (non-hydrogen) atoms. The molecule has 4 nitrogen and oxygen atoms in total. The van der Waals surface area contributed by atoms with Gasteiger partial charge in [-0.2, -0.15) is 0 Å². The average molecular weight is 349 g/mol. The maximum absolute atomic E-state index is 10.3. The van der Waals surface area contributed by atoms with Crippen LogP contribution in [0.25, 0.3) is 11.3 Å². The summed E-state index contributed by atoms with van der Waals surface area (Å²) in [5, 5.41) is 14.6. The smallest absolute Gasteiger partial charge is 0.180 e. The molecule has 4 rings (SSSR count). The van der Waals surface area contributed by atoms with Crippen molar-refractivity contribution in [3.63, 3.8) is 0 Å². The lowest BCUT2D eigenvalue weighted by Gasteiger charge is -2.36. The third-order valence-corrected chi connectivity index (χ3v) is 5.62. The highest BCUT2D eigenvalue weighted by molar-refractivity contribution is 5.60. The number of phenols is 1. The van der Waals surface area contributed by atoms with E-state index in [0.29, 0.717) is 5.75 Å². The van der Waals surface area contributed by atoms with Gasteiger partial charge in [-0.05, 0) is 57.2 Å². The molecule has 0 radical (unpaired) electrons. The topological polar surface area (TPSA) is 55.5 Å². The van der Waals surface area contributed by atoms with Gasteiger partial charge in [-0.3, -0.25) is 0 Å². The van der Waals surface area contributed by atoms with E-state index in [1.165, 1.54) is 0 Å². The molecule has 0 fully saturated rings. The summed E-state index contributed by atoms with van der Waals surface area (Å²) in [6.07, 6.45) is 1.60. The number of fused-ring (bicyclic) bond motifs is 1. The highest BCUT2D eigenvalue weighted by atomic mass is 16.5. The van der Waals surface area contributed by atoms with Crippen LogP contribution < -0.4 is 4.74 Å². The maximum Gasteiger partial charge on any atom is 0.180 e. The molecule has 1 atom stereocenters. The molecular formula is C22H23NO3. The van der Waals surface area contributed by atoms with Gasteiger partial charge in [0, 0.05) is 17.2 Å². The van der Waals surface area contributed by atoms with Gasteiger partial charge in [-0.25, -0.2) is 0 Å². The Balaban J connectivity index is 1.73. The summed E-state index contributed by atoms with van der Waals surface area (Å²) in [7, 11) is 0. The second-order valence-corrected chi connectivity index (χ2v) is 7.31. The number of nitrogens with zero attached hydrogens (tertiary/aromatic N) is 1. The first-order valence-electron chi connectivity index (χ1n) is 8.94. The number of ether oxygens (including phenoxy) is 1. The lowest BCUT2D eigenvalue weighted by Crippen LogP contribution is -2.34. The first kappa shape index (κ1) is 16.7. The molecule has 1 aliphatic rings. The molecular weight excluding hydrogens is 326 g/mol. The molecule has 0 bridgehead atoms. The quantitative estimate of drug-likeness (QED) is 0.690. The molecule has 1 aliphatic heterocycles. The van der Waals surface area contributed by atoms with Crippen molar-refractivity contribution in [1.29, 1.82) is 0 Å². The number of rotatable bonds is 2. The normalized spacial score (nSPS) is 19.1. The zero-order chi connectivity index (χ0) is 18.5. The molecule has 4 heteroatoms. The van der Waals surface area contributed by atoms with E-state index in [1.807, 2.05) is 64.1 Å². The Morgan fingerprint density at radius 2 is 1.77 bits per heavy atom. The van der Waals surface area contributed by atoms with Gasteiger partial charge in [-0.1, -0.05) is 35.5 Å². The molecule has 0 saturated carbocycles. The molecule has 2 heterocycles. The first-order chi connectivity index (χ1) is 12.4. The van der Waals surface area contributed by atoms with Gasteiger partial charge in [0.15, 0.2) is 11.4 Å². The number of phenolic OH excluding ortho intramolecular Hbond substituents is 1. The summed E-state index contributed by atoms with van der Waals surface area (Å²) < 4.78 is 12.1. The van der Waals surface area contributed by atoms with Crippen LogP contribution in [0.5, 0.6) is 11.5 Å². The predicted octanol–water partition coefficient (Wildman–Crippen LogP) is 5.21. The molecule has 134 valence electrons. The van der Waals surface area contributed by atoms with E-state index in [0.717, 1.165) is 57.9 Å². The molecule has 1 aromatic heterocycles. The standard InChI is InChI=1S/C22H23NO3/c1-13-14(2)21-17(15(3)20(13)24)10-11-22(4,25-21)19-12-18(23-26-19)16-8-6-5-7-9-16/h5-9,12,24H,10-11H2,1-4H3. The SMILES string of the molecule is Cc1c(C)c2c(c(C)c1O)CCC(C)(c1cc(-c3ccccc3)no1)O2. The zero-order valence-electron chi connectivity index (χ0n) is 15.6. The number of aromatic hydroxyl groups is 1. The highest BCUT2D eigenvalue weighted by Gasteiger charge is 2.39. The molecule has 3 aromatic rings. The van der Waals surface area contributed by atoms with Crippen molar-refractivity contribution in [2.45, 2.75) is 46.1 Å². The second kappa shape index (κ2) is 5.90. The summed E-state index contributed by atoms with van der Waals surface area (Å²) in [6.45, 7) is 7.92. The number of hydrogen-bond donors (Lipinski definition) is 1. The van der Waals surface area contributed by atoms with Gasteiger partial charge in [0.2, 0.25) is 0 Å². The number of benzene rings is 2. The summed E-state index contributed by atoms with van der Waals surface area (Å²) in [5.74, 6) is 1.97. The monoisotopic (exact) mass is 349 g/mol. The van der Waals surface area contributed by atoms with Gasteiger partial charge in [-0.15, -0.1) is 0 Å². The minimum Gasteiger partial charge on any atom is -0.507 e. The van der Waals surface area contributed by atoms with Gasteiger partial charge < -0.3 is 14.4 Å². The Labute approximate surface area is 153 Å². The molecule has 0 spiro atoms. The molecule has 2 aromatic carbocycles. The van der Waals surface area contributed by atoms with Gasteiger partial charge in [0.05, 0.1) is 0 Å². The maximum atomic E-state index is 10.3. The highest BCUT2D eigenvalue weighted by Crippen LogP contribution is 2.46. The van der Waals surface area contributed by atoms with Crippen molar-refractivity contribution in [3.8, 4) is 22.8 Å². The van der Waals surface area contributed by atoms with Crippen molar-refractivity contribution in [1.82, 2.24) is 5.16 Å². The molecule has 0 amide bonds. The van der Waals surface area contributed by atoms with Crippen molar-refractivity contribution < 1.29 is 14.4 Å². The predicted molar refractivity (Wildman–Crippen MR) is 101 cm³/mol. The van der Waals surface area contributed by atoms with Crippen LogP contribution in [0.15, 0.2) is 40.9 Å². The minimum atomic E-state index is -0.576. The van der Waals surface area contributed by atoms with Crippen molar-refractivity contribution in [3.05, 3.63) is 64.4 Å².